The van der Waals surface area contributed by atoms with Gasteiger partial charge in [-0.3, -0.25) is 0 Å². The van der Waals surface area contributed by atoms with Gasteiger partial charge < -0.3 is 10.2 Å². The summed E-state index contributed by atoms with van der Waals surface area (Å²) in [5.74, 6) is 0.583. The van der Waals surface area contributed by atoms with Crippen LogP contribution in [0.5, 0.6) is 0 Å². The molecule has 0 unspecified atom stereocenters. The molecule has 0 saturated carbocycles. The minimum absolute atomic E-state index is 0.493. The van der Waals surface area contributed by atoms with Gasteiger partial charge in [0, 0.05) is 11.6 Å². The van der Waals surface area contributed by atoms with Crippen molar-refractivity contribution in [2.75, 3.05) is 5.73 Å². The molecule has 3 nitrogen and oxygen atoms in total. The smallest absolute Gasteiger partial charge is 0.227 e. The lowest BCUT2D eigenvalue weighted by molar-refractivity contribution is 0.620. The summed E-state index contributed by atoms with van der Waals surface area (Å²) in [6.45, 7) is 4.14. The normalized spacial score (nSPS) is 11.1. The van der Waals surface area contributed by atoms with Crippen LogP contribution in [-0.2, 0) is 0 Å². The third kappa shape index (κ3) is 2.06. The second-order valence-electron chi connectivity index (χ2n) is 4.66. The van der Waals surface area contributed by atoms with Crippen molar-refractivity contribution in [3.8, 4) is 11.5 Å². The number of nitrogen functional groups attached to an aromatic ring is 1. The van der Waals surface area contributed by atoms with Crippen molar-refractivity contribution in [1.82, 2.24) is 4.98 Å². The Kier molecular flexibility index (Phi) is 2.72. The van der Waals surface area contributed by atoms with Gasteiger partial charge >= 0.3 is 0 Å². The maximum absolute atomic E-state index is 5.98. The van der Waals surface area contributed by atoms with E-state index in [4.69, 9.17) is 21.8 Å². The Morgan fingerprint density at radius 3 is 2.63 bits per heavy atom. The summed E-state index contributed by atoms with van der Waals surface area (Å²) in [6, 6.07) is 9.54. The van der Waals surface area contributed by atoms with E-state index in [-0.39, 0.29) is 0 Å². The van der Waals surface area contributed by atoms with Gasteiger partial charge in [0.2, 0.25) is 5.89 Å². The first-order chi connectivity index (χ1) is 9.04. The van der Waals surface area contributed by atoms with E-state index >= 15 is 0 Å². The van der Waals surface area contributed by atoms with Crippen molar-refractivity contribution < 1.29 is 4.42 Å². The van der Waals surface area contributed by atoms with E-state index in [1.807, 2.05) is 6.07 Å². The topological polar surface area (TPSA) is 52.0 Å². The fourth-order valence-electron chi connectivity index (χ4n) is 1.96. The van der Waals surface area contributed by atoms with Crippen LogP contribution < -0.4 is 5.73 Å². The lowest BCUT2D eigenvalue weighted by Gasteiger charge is -2.01. The third-order valence-corrected chi connectivity index (χ3v) is 3.59. The van der Waals surface area contributed by atoms with Crippen LogP contribution >= 0.6 is 11.6 Å². The van der Waals surface area contributed by atoms with Gasteiger partial charge in [-0.1, -0.05) is 17.7 Å². The molecule has 0 spiro atoms. The Bertz CT molecular complexity index is 738. The number of fused-ring (bicyclic) bond motifs is 1. The molecule has 0 fully saturated rings. The fourth-order valence-corrected chi connectivity index (χ4v) is 2.12. The Balaban J connectivity index is 2.17. The third-order valence-electron chi connectivity index (χ3n) is 3.26. The number of nitrogens with two attached hydrogens (primary N) is 1. The summed E-state index contributed by atoms with van der Waals surface area (Å²) in [5.41, 5.74) is 11.0. The molecule has 1 aromatic heterocycles. The van der Waals surface area contributed by atoms with E-state index in [9.17, 15) is 0 Å². The summed E-state index contributed by atoms with van der Waals surface area (Å²) < 4.78 is 5.74. The Morgan fingerprint density at radius 1 is 1.11 bits per heavy atom. The molecule has 19 heavy (non-hydrogen) atoms. The molecule has 4 heteroatoms. The lowest BCUT2D eigenvalue weighted by atomic mass is 10.1. The van der Waals surface area contributed by atoms with Crippen LogP contribution in [0.15, 0.2) is 34.7 Å². The van der Waals surface area contributed by atoms with Crippen LogP contribution in [0, 0.1) is 13.8 Å². The van der Waals surface area contributed by atoms with E-state index in [1.54, 1.807) is 12.1 Å². The molecule has 0 amide bonds. The molecule has 0 atom stereocenters. The fraction of sp³-hybridized carbons (Fsp3) is 0.133. The molecule has 96 valence electrons. The number of halogens is 1. The number of benzene rings is 2. The van der Waals surface area contributed by atoms with E-state index in [2.05, 4.69) is 31.0 Å². The van der Waals surface area contributed by atoms with Crippen molar-refractivity contribution in [3.63, 3.8) is 0 Å². The molecule has 2 aromatic carbocycles. The van der Waals surface area contributed by atoms with Gasteiger partial charge in [-0.15, -0.1) is 0 Å². The van der Waals surface area contributed by atoms with Gasteiger partial charge in [-0.25, -0.2) is 4.98 Å². The zero-order valence-corrected chi connectivity index (χ0v) is 11.5. The van der Waals surface area contributed by atoms with Crippen molar-refractivity contribution in [2.24, 2.45) is 0 Å². The minimum atomic E-state index is 0.493. The first-order valence-electron chi connectivity index (χ1n) is 5.98. The summed E-state index contributed by atoms with van der Waals surface area (Å²) in [5, 5.41) is 0.493. The molecule has 1 heterocycles. The molecule has 0 saturated heterocycles. The first-order valence-corrected chi connectivity index (χ1v) is 6.35. The summed E-state index contributed by atoms with van der Waals surface area (Å²) in [6.07, 6.45) is 0. The van der Waals surface area contributed by atoms with Crippen molar-refractivity contribution in [3.05, 3.63) is 46.5 Å². The SMILES string of the molecule is Cc1ccc(-c2nc3cc(Cl)c(N)cc3o2)cc1C. The number of hydrogen-bond donors (Lipinski definition) is 1. The maximum atomic E-state index is 5.98. The van der Waals surface area contributed by atoms with Gasteiger partial charge in [0.05, 0.1) is 10.7 Å². The van der Waals surface area contributed by atoms with Crippen LogP contribution in [0.2, 0.25) is 5.02 Å². The molecule has 3 rings (SSSR count). The van der Waals surface area contributed by atoms with E-state index < -0.39 is 0 Å². The van der Waals surface area contributed by atoms with Gasteiger partial charge in [0.15, 0.2) is 5.58 Å². The summed E-state index contributed by atoms with van der Waals surface area (Å²) in [7, 11) is 0. The van der Waals surface area contributed by atoms with Crippen LogP contribution in [0.25, 0.3) is 22.6 Å². The zero-order chi connectivity index (χ0) is 13.6. The first kappa shape index (κ1) is 12.1. The number of hydrogen-bond acceptors (Lipinski definition) is 3. The Hall–Kier alpha value is -2.00. The average molecular weight is 273 g/mol. The van der Waals surface area contributed by atoms with Crippen molar-refractivity contribution >= 4 is 28.4 Å². The van der Waals surface area contributed by atoms with Crippen molar-refractivity contribution in [2.45, 2.75) is 13.8 Å². The summed E-state index contributed by atoms with van der Waals surface area (Å²) in [4.78, 5) is 4.45. The standard InChI is InChI=1S/C15H13ClN2O/c1-8-3-4-10(5-9(8)2)15-18-13-6-11(16)12(17)7-14(13)19-15/h3-7H,17H2,1-2H3. The Labute approximate surface area is 116 Å². The molecular formula is C15H13ClN2O. The van der Waals surface area contributed by atoms with Gasteiger partial charge in [-0.05, 0) is 43.2 Å². The Morgan fingerprint density at radius 2 is 1.89 bits per heavy atom. The number of nitrogens with zero attached hydrogens (tertiary/aromatic N) is 1. The number of oxazole rings is 1. The molecule has 0 aliphatic rings. The number of aryl methyl sites for hydroxylation is 2. The highest BCUT2D eigenvalue weighted by atomic mass is 35.5. The van der Waals surface area contributed by atoms with E-state index in [1.165, 1.54) is 11.1 Å². The van der Waals surface area contributed by atoms with Crippen LogP contribution in [0.3, 0.4) is 0 Å². The molecule has 0 bridgehead atoms. The van der Waals surface area contributed by atoms with Crippen LogP contribution in [0.1, 0.15) is 11.1 Å². The van der Waals surface area contributed by atoms with Crippen LogP contribution in [-0.4, -0.2) is 4.98 Å². The molecule has 0 aliphatic carbocycles. The molecule has 0 radical (unpaired) electrons. The number of aromatic nitrogens is 1. The lowest BCUT2D eigenvalue weighted by Crippen LogP contribution is -1.84. The predicted octanol–water partition coefficient (Wildman–Crippen LogP) is 4.35. The van der Waals surface area contributed by atoms with Crippen LogP contribution in [0.4, 0.5) is 5.69 Å². The van der Waals surface area contributed by atoms with Gasteiger partial charge in [0.1, 0.15) is 5.52 Å². The molecule has 3 aromatic rings. The monoisotopic (exact) mass is 272 g/mol. The predicted molar refractivity (Wildman–Crippen MR) is 78.3 cm³/mol. The highest BCUT2D eigenvalue weighted by Crippen LogP contribution is 2.30. The molecule has 2 N–H and O–H groups in total. The van der Waals surface area contributed by atoms with Crippen molar-refractivity contribution in [1.29, 1.82) is 0 Å². The maximum Gasteiger partial charge on any atom is 0.227 e. The van der Waals surface area contributed by atoms with E-state index in [0.717, 1.165) is 5.56 Å². The summed E-state index contributed by atoms with van der Waals surface area (Å²) >= 11 is 5.98. The molecular weight excluding hydrogens is 260 g/mol. The highest BCUT2D eigenvalue weighted by molar-refractivity contribution is 6.33. The van der Waals surface area contributed by atoms with Gasteiger partial charge in [0.25, 0.3) is 0 Å². The average Bonchev–Trinajstić information content (AvgIpc) is 2.76. The second kappa shape index (κ2) is 4.28. The quantitative estimate of drug-likeness (QED) is 0.670. The number of anilines is 1. The van der Waals surface area contributed by atoms with E-state index in [0.29, 0.717) is 27.7 Å². The largest absolute Gasteiger partial charge is 0.436 e. The van der Waals surface area contributed by atoms with Gasteiger partial charge in [-0.2, -0.15) is 0 Å². The number of rotatable bonds is 1. The second-order valence-corrected chi connectivity index (χ2v) is 5.07. The molecule has 0 aliphatic heterocycles. The highest BCUT2D eigenvalue weighted by Gasteiger charge is 2.10. The minimum Gasteiger partial charge on any atom is -0.436 e. The zero-order valence-electron chi connectivity index (χ0n) is 10.7.